The first kappa shape index (κ1) is 12.8. The highest BCUT2D eigenvalue weighted by Crippen LogP contribution is 2.37. The standard InChI is InChI=1S/C16H18ClNO/c17-15-9-12(7-8-18)16(19-10-11-5-6-11)14-4-2-1-3-13(14)15/h1-4,9,11H,5-8,10,18H2. The van der Waals surface area contributed by atoms with Crippen LogP contribution in [-0.4, -0.2) is 13.2 Å². The summed E-state index contributed by atoms with van der Waals surface area (Å²) in [5, 5.41) is 2.92. The number of rotatable bonds is 5. The Balaban J connectivity index is 2.06. The van der Waals surface area contributed by atoms with Crippen LogP contribution in [0.2, 0.25) is 5.02 Å². The average molecular weight is 276 g/mol. The second-order valence-corrected chi connectivity index (χ2v) is 5.59. The van der Waals surface area contributed by atoms with Gasteiger partial charge in [0.15, 0.2) is 0 Å². The van der Waals surface area contributed by atoms with Crippen molar-refractivity contribution < 1.29 is 4.74 Å². The van der Waals surface area contributed by atoms with Gasteiger partial charge in [0.2, 0.25) is 0 Å². The van der Waals surface area contributed by atoms with Gasteiger partial charge in [-0.15, -0.1) is 0 Å². The molecule has 2 aromatic carbocycles. The zero-order valence-electron chi connectivity index (χ0n) is 10.9. The molecule has 19 heavy (non-hydrogen) atoms. The molecular weight excluding hydrogens is 258 g/mol. The van der Waals surface area contributed by atoms with Gasteiger partial charge in [-0.3, -0.25) is 0 Å². The number of ether oxygens (including phenoxy) is 1. The van der Waals surface area contributed by atoms with E-state index in [9.17, 15) is 0 Å². The molecule has 1 aliphatic rings. The quantitative estimate of drug-likeness (QED) is 0.901. The third-order valence-electron chi connectivity index (χ3n) is 3.60. The first-order valence-corrected chi connectivity index (χ1v) is 7.20. The molecule has 3 heteroatoms. The minimum Gasteiger partial charge on any atom is -0.492 e. The van der Waals surface area contributed by atoms with Crippen molar-refractivity contribution in [3.8, 4) is 5.75 Å². The van der Waals surface area contributed by atoms with Gasteiger partial charge in [-0.05, 0) is 43.4 Å². The molecule has 2 nitrogen and oxygen atoms in total. The number of halogens is 1. The first-order chi connectivity index (χ1) is 9.29. The lowest BCUT2D eigenvalue weighted by molar-refractivity contribution is 0.300. The maximum atomic E-state index is 6.35. The maximum Gasteiger partial charge on any atom is 0.130 e. The van der Waals surface area contributed by atoms with Gasteiger partial charge in [-0.1, -0.05) is 35.9 Å². The molecule has 0 unspecified atom stereocenters. The Hall–Kier alpha value is -1.25. The zero-order chi connectivity index (χ0) is 13.2. The molecule has 0 radical (unpaired) electrons. The van der Waals surface area contributed by atoms with E-state index in [2.05, 4.69) is 6.07 Å². The minimum atomic E-state index is 0.606. The Kier molecular flexibility index (Phi) is 3.63. The second-order valence-electron chi connectivity index (χ2n) is 5.19. The third-order valence-corrected chi connectivity index (χ3v) is 3.91. The molecule has 1 aliphatic carbocycles. The van der Waals surface area contributed by atoms with Crippen LogP contribution in [0.4, 0.5) is 0 Å². The van der Waals surface area contributed by atoms with E-state index in [1.165, 1.54) is 12.8 Å². The molecule has 100 valence electrons. The second kappa shape index (κ2) is 5.40. The average Bonchev–Trinajstić information content (AvgIpc) is 3.23. The monoisotopic (exact) mass is 275 g/mol. The number of hydrogen-bond donors (Lipinski definition) is 1. The highest BCUT2D eigenvalue weighted by molar-refractivity contribution is 6.35. The van der Waals surface area contributed by atoms with Gasteiger partial charge in [0.1, 0.15) is 5.75 Å². The van der Waals surface area contributed by atoms with Gasteiger partial charge < -0.3 is 10.5 Å². The fourth-order valence-corrected chi connectivity index (χ4v) is 2.65. The van der Waals surface area contributed by atoms with E-state index < -0.39 is 0 Å². The Morgan fingerprint density at radius 3 is 2.63 bits per heavy atom. The van der Waals surface area contributed by atoms with Crippen molar-refractivity contribution in [2.24, 2.45) is 11.7 Å². The zero-order valence-corrected chi connectivity index (χ0v) is 11.6. The molecule has 0 aliphatic heterocycles. The molecule has 0 amide bonds. The fraction of sp³-hybridized carbons (Fsp3) is 0.375. The summed E-state index contributed by atoms with van der Waals surface area (Å²) in [6.45, 7) is 1.41. The van der Waals surface area contributed by atoms with Crippen LogP contribution in [-0.2, 0) is 6.42 Å². The van der Waals surface area contributed by atoms with Crippen molar-refractivity contribution in [2.45, 2.75) is 19.3 Å². The van der Waals surface area contributed by atoms with Crippen LogP contribution in [0, 0.1) is 5.92 Å². The molecule has 1 fully saturated rings. The summed E-state index contributed by atoms with van der Waals surface area (Å²) in [7, 11) is 0. The summed E-state index contributed by atoms with van der Waals surface area (Å²) in [5.74, 6) is 1.71. The van der Waals surface area contributed by atoms with E-state index in [1.807, 2.05) is 24.3 Å². The number of nitrogens with two attached hydrogens (primary N) is 1. The van der Waals surface area contributed by atoms with Gasteiger partial charge in [0.25, 0.3) is 0 Å². The van der Waals surface area contributed by atoms with E-state index in [0.717, 1.165) is 46.1 Å². The summed E-state index contributed by atoms with van der Waals surface area (Å²) in [4.78, 5) is 0. The van der Waals surface area contributed by atoms with Crippen molar-refractivity contribution in [3.63, 3.8) is 0 Å². The van der Waals surface area contributed by atoms with Crippen molar-refractivity contribution >= 4 is 22.4 Å². The lowest BCUT2D eigenvalue weighted by Gasteiger charge is -2.15. The smallest absolute Gasteiger partial charge is 0.130 e. The molecule has 0 heterocycles. The van der Waals surface area contributed by atoms with Crippen LogP contribution >= 0.6 is 11.6 Å². The maximum absolute atomic E-state index is 6.35. The number of hydrogen-bond acceptors (Lipinski definition) is 2. The lowest BCUT2D eigenvalue weighted by Crippen LogP contribution is -2.07. The van der Waals surface area contributed by atoms with Crippen molar-refractivity contribution in [2.75, 3.05) is 13.2 Å². The van der Waals surface area contributed by atoms with Gasteiger partial charge in [-0.25, -0.2) is 0 Å². The SMILES string of the molecule is NCCc1cc(Cl)c2ccccc2c1OCC1CC1. The summed E-state index contributed by atoms with van der Waals surface area (Å²) in [6.07, 6.45) is 3.38. The van der Waals surface area contributed by atoms with Crippen molar-refractivity contribution in [1.29, 1.82) is 0 Å². The molecule has 0 saturated heterocycles. The Morgan fingerprint density at radius 1 is 1.21 bits per heavy atom. The molecule has 1 saturated carbocycles. The van der Waals surface area contributed by atoms with E-state index >= 15 is 0 Å². The van der Waals surface area contributed by atoms with E-state index in [-0.39, 0.29) is 0 Å². The van der Waals surface area contributed by atoms with Gasteiger partial charge >= 0.3 is 0 Å². The van der Waals surface area contributed by atoms with Crippen LogP contribution in [0.1, 0.15) is 18.4 Å². The Morgan fingerprint density at radius 2 is 1.95 bits per heavy atom. The summed E-state index contributed by atoms with van der Waals surface area (Å²) in [5.41, 5.74) is 6.81. The van der Waals surface area contributed by atoms with E-state index in [1.54, 1.807) is 0 Å². The van der Waals surface area contributed by atoms with Gasteiger partial charge in [-0.2, -0.15) is 0 Å². The van der Waals surface area contributed by atoms with Crippen LogP contribution < -0.4 is 10.5 Å². The van der Waals surface area contributed by atoms with Crippen molar-refractivity contribution in [3.05, 3.63) is 40.9 Å². The molecule has 2 aromatic rings. The van der Waals surface area contributed by atoms with Crippen LogP contribution in [0.25, 0.3) is 10.8 Å². The molecule has 0 atom stereocenters. The highest BCUT2D eigenvalue weighted by atomic mass is 35.5. The highest BCUT2D eigenvalue weighted by Gasteiger charge is 2.23. The van der Waals surface area contributed by atoms with Crippen molar-refractivity contribution in [1.82, 2.24) is 0 Å². The summed E-state index contributed by atoms with van der Waals surface area (Å²) < 4.78 is 6.07. The Bertz CT molecular complexity index is 593. The summed E-state index contributed by atoms with van der Waals surface area (Å²) in [6, 6.07) is 10.1. The van der Waals surface area contributed by atoms with Crippen LogP contribution in [0.5, 0.6) is 5.75 Å². The molecule has 2 N–H and O–H groups in total. The van der Waals surface area contributed by atoms with E-state index in [0.29, 0.717) is 6.54 Å². The van der Waals surface area contributed by atoms with Crippen LogP contribution in [0.3, 0.4) is 0 Å². The predicted molar refractivity (Wildman–Crippen MR) is 79.9 cm³/mol. The normalized spacial score (nSPS) is 14.8. The van der Waals surface area contributed by atoms with Gasteiger partial charge in [0.05, 0.1) is 6.61 Å². The first-order valence-electron chi connectivity index (χ1n) is 6.82. The predicted octanol–water partition coefficient (Wildman–Crippen LogP) is 3.78. The topological polar surface area (TPSA) is 35.2 Å². The largest absolute Gasteiger partial charge is 0.492 e. The molecule has 3 rings (SSSR count). The number of benzene rings is 2. The fourth-order valence-electron chi connectivity index (χ4n) is 2.36. The molecule has 0 aromatic heterocycles. The van der Waals surface area contributed by atoms with E-state index in [4.69, 9.17) is 22.1 Å². The summed E-state index contributed by atoms with van der Waals surface area (Å²) >= 11 is 6.35. The molecule has 0 spiro atoms. The number of fused-ring (bicyclic) bond motifs is 1. The minimum absolute atomic E-state index is 0.606. The van der Waals surface area contributed by atoms with Crippen LogP contribution in [0.15, 0.2) is 30.3 Å². The third kappa shape index (κ3) is 2.70. The lowest BCUT2D eigenvalue weighted by atomic mass is 10.0. The van der Waals surface area contributed by atoms with Gasteiger partial charge in [0, 0.05) is 15.8 Å². The molecule has 0 bridgehead atoms. The molecular formula is C16H18ClNO. The Labute approximate surface area is 118 Å².